The summed E-state index contributed by atoms with van der Waals surface area (Å²) < 4.78 is 41.3. The number of benzene rings is 3. The van der Waals surface area contributed by atoms with Gasteiger partial charge in [0.15, 0.2) is 5.58 Å². The minimum absolute atomic E-state index is 0.0730. The van der Waals surface area contributed by atoms with Gasteiger partial charge in [0.05, 0.1) is 13.2 Å². The number of oxazole rings is 1. The van der Waals surface area contributed by atoms with Crippen molar-refractivity contribution in [1.82, 2.24) is 9.88 Å². The molecule has 3 aromatic carbocycles. The fourth-order valence-corrected chi connectivity index (χ4v) is 4.63. The van der Waals surface area contributed by atoms with Gasteiger partial charge in [-0.1, -0.05) is 12.1 Å². The third-order valence-corrected chi connectivity index (χ3v) is 6.42. The summed E-state index contributed by atoms with van der Waals surface area (Å²) in [6.45, 7) is 3.63. The first-order valence-electron chi connectivity index (χ1n) is 11.5. The highest BCUT2D eigenvalue weighted by atomic mass is 19.1. The van der Waals surface area contributed by atoms with Crippen molar-refractivity contribution >= 4 is 28.5 Å². The molecule has 0 saturated carbocycles. The summed E-state index contributed by atoms with van der Waals surface area (Å²) >= 11 is 0. The van der Waals surface area contributed by atoms with E-state index in [4.69, 9.17) is 9.15 Å². The van der Waals surface area contributed by atoms with Crippen LogP contribution in [0, 0.1) is 11.6 Å². The number of morpholine rings is 1. The van der Waals surface area contributed by atoms with Crippen LogP contribution in [0.1, 0.15) is 11.1 Å². The van der Waals surface area contributed by atoms with Crippen molar-refractivity contribution in [1.29, 1.82) is 0 Å². The Hall–Kier alpha value is -3.49. The summed E-state index contributed by atoms with van der Waals surface area (Å²) in [6, 6.07) is 14.6. The first kappa shape index (κ1) is 21.1. The number of rotatable bonds is 5. The number of nitrogens with one attached hydrogen (secondary N) is 2. The van der Waals surface area contributed by atoms with E-state index < -0.39 is 11.6 Å². The predicted octanol–water partition coefficient (Wildman–Crippen LogP) is 5.32. The third-order valence-electron chi connectivity index (χ3n) is 6.42. The molecule has 0 unspecified atom stereocenters. The van der Waals surface area contributed by atoms with E-state index in [1.54, 1.807) is 6.07 Å². The molecule has 0 bridgehead atoms. The number of anilines is 3. The van der Waals surface area contributed by atoms with E-state index in [0.717, 1.165) is 24.3 Å². The summed E-state index contributed by atoms with van der Waals surface area (Å²) in [7, 11) is 0. The largest absolute Gasteiger partial charge is 0.423 e. The molecule has 3 heterocycles. The van der Waals surface area contributed by atoms with Crippen molar-refractivity contribution in [2.75, 3.05) is 43.5 Å². The smallest absolute Gasteiger partial charge is 0.300 e. The second-order valence-corrected chi connectivity index (χ2v) is 8.65. The number of nitrogens with zero attached hydrogens (tertiary/aromatic N) is 2. The summed E-state index contributed by atoms with van der Waals surface area (Å²) in [5.41, 5.74) is 5.43. The van der Waals surface area contributed by atoms with E-state index in [9.17, 15) is 8.78 Å². The molecule has 1 aromatic heterocycles. The highest BCUT2D eigenvalue weighted by molar-refractivity contribution is 5.91. The van der Waals surface area contributed by atoms with Crippen LogP contribution in [0.25, 0.3) is 22.2 Å². The van der Waals surface area contributed by atoms with Crippen molar-refractivity contribution in [2.24, 2.45) is 0 Å². The minimum atomic E-state index is -0.567. The SMILES string of the molecule is Fc1cc(-c2cccc3nc(Nc4ccc5c(c4)CCN5)oc23)cc(F)c1CN1CCOCC1. The molecule has 0 radical (unpaired) electrons. The van der Waals surface area contributed by atoms with Crippen molar-refractivity contribution < 1.29 is 17.9 Å². The Labute approximate surface area is 195 Å². The topological polar surface area (TPSA) is 62.6 Å². The van der Waals surface area contributed by atoms with Crippen LogP contribution >= 0.6 is 0 Å². The van der Waals surface area contributed by atoms with Crippen molar-refractivity contribution in [2.45, 2.75) is 13.0 Å². The summed E-state index contributed by atoms with van der Waals surface area (Å²) in [4.78, 5) is 6.52. The zero-order chi connectivity index (χ0) is 23.1. The molecule has 1 fully saturated rings. The normalized spacial score (nSPS) is 15.9. The Morgan fingerprint density at radius 2 is 1.85 bits per heavy atom. The summed E-state index contributed by atoms with van der Waals surface area (Å²) in [6.07, 6.45) is 0.973. The monoisotopic (exact) mass is 462 g/mol. The van der Waals surface area contributed by atoms with Gasteiger partial charge < -0.3 is 19.8 Å². The first-order chi connectivity index (χ1) is 16.6. The van der Waals surface area contributed by atoms with Crippen LogP contribution in [0.5, 0.6) is 0 Å². The quantitative estimate of drug-likeness (QED) is 0.419. The number of halogens is 2. The van der Waals surface area contributed by atoms with Crippen LogP contribution < -0.4 is 10.6 Å². The fourth-order valence-electron chi connectivity index (χ4n) is 4.63. The van der Waals surface area contributed by atoms with Crippen molar-refractivity contribution in [3.8, 4) is 11.1 Å². The van der Waals surface area contributed by atoms with Crippen LogP contribution in [0.15, 0.2) is 52.9 Å². The molecule has 2 aliphatic rings. The fraction of sp³-hybridized carbons (Fsp3) is 0.269. The Bertz CT molecular complexity index is 1340. The molecule has 2 aliphatic heterocycles. The Balaban J connectivity index is 1.30. The highest BCUT2D eigenvalue weighted by Crippen LogP contribution is 2.34. The Morgan fingerprint density at radius 3 is 2.68 bits per heavy atom. The summed E-state index contributed by atoms with van der Waals surface area (Å²) in [5, 5.41) is 6.55. The molecule has 8 heteroatoms. The van der Waals surface area contributed by atoms with Gasteiger partial charge in [0.1, 0.15) is 17.2 Å². The minimum Gasteiger partial charge on any atom is -0.423 e. The molecule has 1 saturated heterocycles. The number of aromatic nitrogens is 1. The molecule has 2 N–H and O–H groups in total. The van der Waals surface area contributed by atoms with Gasteiger partial charge in [0.25, 0.3) is 6.01 Å². The molecule has 0 spiro atoms. The molecule has 0 amide bonds. The lowest BCUT2D eigenvalue weighted by Crippen LogP contribution is -2.36. The van der Waals surface area contributed by atoms with Gasteiger partial charge in [-0.25, -0.2) is 8.78 Å². The number of ether oxygens (including phenoxy) is 1. The van der Waals surface area contributed by atoms with Crippen LogP contribution in [-0.2, 0) is 17.7 Å². The Kier molecular flexibility index (Phi) is 5.39. The number of para-hydroxylation sites is 1. The molecule has 0 aliphatic carbocycles. The van der Waals surface area contributed by atoms with Gasteiger partial charge in [0, 0.05) is 48.7 Å². The van der Waals surface area contributed by atoms with Gasteiger partial charge in [0.2, 0.25) is 0 Å². The van der Waals surface area contributed by atoms with Crippen LogP contribution in [0.4, 0.5) is 26.2 Å². The van der Waals surface area contributed by atoms with E-state index in [-0.39, 0.29) is 12.1 Å². The molecule has 6 nitrogen and oxygen atoms in total. The average molecular weight is 463 g/mol. The maximum atomic E-state index is 15.0. The van der Waals surface area contributed by atoms with Crippen LogP contribution in [0.2, 0.25) is 0 Å². The molecule has 6 rings (SSSR count). The van der Waals surface area contributed by atoms with Crippen molar-refractivity contribution in [3.63, 3.8) is 0 Å². The van der Waals surface area contributed by atoms with E-state index in [2.05, 4.69) is 21.7 Å². The Morgan fingerprint density at radius 1 is 1.03 bits per heavy atom. The van der Waals surface area contributed by atoms with Gasteiger partial charge in [-0.3, -0.25) is 4.90 Å². The number of hydrogen-bond donors (Lipinski definition) is 2. The van der Waals surface area contributed by atoms with Gasteiger partial charge >= 0.3 is 0 Å². The maximum Gasteiger partial charge on any atom is 0.300 e. The van der Waals surface area contributed by atoms with Crippen LogP contribution in [-0.4, -0.2) is 42.7 Å². The van der Waals surface area contributed by atoms with Gasteiger partial charge in [-0.05, 0) is 53.9 Å². The first-order valence-corrected chi connectivity index (χ1v) is 11.5. The molecule has 34 heavy (non-hydrogen) atoms. The lowest BCUT2D eigenvalue weighted by molar-refractivity contribution is 0.0332. The lowest BCUT2D eigenvalue weighted by atomic mass is 10.0. The highest BCUT2D eigenvalue weighted by Gasteiger charge is 2.20. The van der Waals surface area contributed by atoms with E-state index in [0.29, 0.717) is 54.5 Å². The second kappa shape index (κ2) is 8.70. The number of hydrogen-bond acceptors (Lipinski definition) is 6. The van der Waals surface area contributed by atoms with E-state index >= 15 is 0 Å². The molecule has 174 valence electrons. The molecular formula is C26H24F2N4O2. The molecule has 0 atom stereocenters. The predicted molar refractivity (Wildman–Crippen MR) is 127 cm³/mol. The van der Waals surface area contributed by atoms with Gasteiger partial charge in [-0.15, -0.1) is 0 Å². The third kappa shape index (κ3) is 3.99. The van der Waals surface area contributed by atoms with Crippen LogP contribution in [0.3, 0.4) is 0 Å². The summed E-state index contributed by atoms with van der Waals surface area (Å²) in [5.74, 6) is -1.13. The molecular weight excluding hydrogens is 438 g/mol. The standard InChI is InChI=1S/C26H24F2N4O2/c27-21-13-17(14-22(28)20(21)15-32-8-10-33-11-9-32)19-2-1-3-24-25(19)34-26(31-24)30-18-4-5-23-16(12-18)6-7-29-23/h1-5,12-14,29H,6-11,15H2,(H,30,31). The average Bonchev–Trinajstić information content (AvgIpc) is 3.48. The molecule has 4 aromatic rings. The van der Waals surface area contributed by atoms with Crippen molar-refractivity contribution in [3.05, 3.63) is 71.3 Å². The lowest BCUT2D eigenvalue weighted by Gasteiger charge is -2.26. The van der Waals surface area contributed by atoms with E-state index in [1.165, 1.54) is 17.7 Å². The van der Waals surface area contributed by atoms with Gasteiger partial charge in [-0.2, -0.15) is 4.98 Å². The second-order valence-electron chi connectivity index (χ2n) is 8.65. The van der Waals surface area contributed by atoms with E-state index in [1.807, 2.05) is 29.2 Å². The zero-order valence-electron chi connectivity index (χ0n) is 18.5. The zero-order valence-corrected chi connectivity index (χ0v) is 18.5. The maximum absolute atomic E-state index is 15.0. The number of fused-ring (bicyclic) bond motifs is 2.